The Balaban J connectivity index is 2.49. The van der Waals surface area contributed by atoms with E-state index < -0.39 is 6.04 Å². The number of rotatable bonds is 3. The Labute approximate surface area is 97.4 Å². The quantitative estimate of drug-likeness (QED) is 0.399. The van der Waals surface area contributed by atoms with E-state index in [-0.39, 0.29) is 5.82 Å². The van der Waals surface area contributed by atoms with Gasteiger partial charge in [-0.25, -0.2) is 9.82 Å². The van der Waals surface area contributed by atoms with Crippen molar-refractivity contribution in [1.82, 2.24) is 20.4 Å². The highest BCUT2D eigenvalue weighted by atomic mass is 19.1. The minimum absolute atomic E-state index is 0.371. The van der Waals surface area contributed by atoms with Crippen molar-refractivity contribution < 1.29 is 4.39 Å². The average molecular weight is 236 g/mol. The van der Waals surface area contributed by atoms with E-state index in [4.69, 9.17) is 11.6 Å². The molecular weight excluding hydrogens is 223 g/mol. The molecule has 0 saturated heterocycles. The number of anilines is 1. The molecule has 0 aliphatic carbocycles. The SMILES string of the molecule is Cn1nncc1C(NN)c1cc(F)ccc1N. The zero-order valence-electron chi connectivity index (χ0n) is 9.26. The van der Waals surface area contributed by atoms with Crippen molar-refractivity contribution in [2.75, 3.05) is 5.73 Å². The Bertz CT molecular complexity index is 523. The largest absolute Gasteiger partial charge is 0.398 e. The highest BCUT2D eigenvalue weighted by Crippen LogP contribution is 2.25. The first-order valence-electron chi connectivity index (χ1n) is 4.99. The molecule has 0 saturated carbocycles. The molecule has 2 aromatic rings. The zero-order chi connectivity index (χ0) is 12.4. The third-order valence-electron chi connectivity index (χ3n) is 2.57. The van der Waals surface area contributed by atoms with Crippen molar-refractivity contribution in [2.24, 2.45) is 12.9 Å². The lowest BCUT2D eigenvalue weighted by molar-refractivity contribution is 0.564. The molecule has 0 aliphatic rings. The fraction of sp³-hybridized carbons (Fsp3) is 0.200. The predicted molar refractivity (Wildman–Crippen MR) is 61.0 cm³/mol. The third-order valence-corrected chi connectivity index (χ3v) is 2.57. The molecule has 17 heavy (non-hydrogen) atoms. The van der Waals surface area contributed by atoms with Crippen LogP contribution in [-0.4, -0.2) is 15.0 Å². The predicted octanol–water partition coefficient (Wildman–Crippen LogP) is 0.0891. The van der Waals surface area contributed by atoms with Crippen LogP contribution in [0.2, 0.25) is 0 Å². The average Bonchev–Trinajstić information content (AvgIpc) is 2.71. The maximum absolute atomic E-state index is 13.2. The number of nitrogens with one attached hydrogen (secondary N) is 1. The summed E-state index contributed by atoms with van der Waals surface area (Å²) in [5.74, 6) is 5.12. The van der Waals surface area contributed by atoms with Gasteiger partial charge in [-0.3, -0.25) is 10.5 Å². The number of hydrazine groups is 1. The highest BCUT2D eigenvalue weighted by Gasteiger charge is 2.19. The number of hydrogen-bond donors (Lipinski definition) is 3. The molecule has 1 atom stereocenters. The molecule has 2 rings (SSSR count). The summed E-state index contributed by atoms with van der Waals surface area (Å²) in [7, 11) is 1.72. The molecule has 7 heteroatoms. The molecule has 1 heterocycles. The Hall–Kier alpha value is -1.99. The number of nitrogens with two attached hydrogens (primary N) is 2. The molecule has 0 aliphatic heterocycles. The normalized spacial score (nSPS) is 12.6. The summed E-state index contributed by atoms with van der Waals surface area (Å²) < 4.78 is 14.8. The number of nitrogen functional groups attached to an aromatic ring is 1. The van der Waals surface area contributed by atoms with Crippen LogP contribution in [0.15, 0.2) is 24.4 Å². The smallest absolute Gasteiger partial charge is 0.123 e. The second-order valence-corrected chi connectivity index (χ2v) is 3.66. The maximum Gasteiger partial charge on any atom is 0.123 e. The summed E-state index contributed by atoms with van der Waals surface area (Å²) >= 11 is 0. The van der Waals surface area contributed by atoms with Crippen LogP contribution in [0.5, 0.6) is 0 Å². The van der Waals surface area contributed by atoms with Gasteiger partial charge in [0.25, 0.3) is 0 Å². The summed E-state index contributed by atoms with van der Waals surface area (Å²) in [6.45, 7) is 0. The first-order chi connectivity index (χ1) is 8.13. The molecule has 1 aromatic carbocycles. The van der Waals surface area contributed by atoms with Crippen molar-refractivity contribution in [3.63, 3.8) is 0 Å². The van der Waals surface area contributed by atoms with E-state index in [0.29, 0.717) is 16.9 Å². The number of hydrogen-bond acceptors (Lipinski definition) is 5. The molecule has 0 spiro atoms. The molecule has 6 nitrogen and oxygen atoms in total. The highest BCUT2D eigenvalue weighted by molar-refractivity contribution is 5.50. The topological polar surface area (TPSA) is 94.8 Å². The van der Waals surface area contributed by atoms with Gasteiger partial charge in [-0.15, -0.1) is 5.10 Å². The van der Waals surface area contributed by atoms with Crippen LogP contribution < -0.4 is 17.0 Å². The van der Waals surface area contributed by atoms with Gasteiger partial charge in [-0.2, -0.15) is 0 Å². The number of aryl methyl sites for hydroxylation is 1. The molecule has 0 radical (unpaired) electrons. The van der Waals surface area contributed by atoms with Gasteiger partial charge in [0, 0.05) is 18.3 Å². The maximum atomic E-state index is 13.2. The molecule has 1 unspecified atom stereocenters. The van der Waals surface area contributed by atoms with Crippen LogP contribution in [0.3, 0.4) is 0 Å². The Morgan fingerprint density at radius 2 is 2.24 bits per heavy atom. The third kappa shape index (κ3) is 2.10. The van der Waals surface area contributed by atoms with Crippen LogP contribution in [0, 0.1) is 5.82 Å². The monoisotopic (exact) mass is 236 g/mol. The van der Waals surface area contributed by atoms with Crippen LogP contribution in [0.4, 0.5) is 10.1 Å². The van der Waals surface area contributed by atoms with E-state index >= 15 is 0 Å². The fourth-order valence-electron chi connectivity index (χ4n) is 1.69. The number of halogens is 1. The Morgan fingerprint density at radius 1 is 1.47 bits per heavy atom. The van der Waals surface area contributed by atoms with Crippen molar-refractivity contribution in [3.05, 3.63) is 41.5 Å². The summed E-state index contributed by atoms with van der Waals surface area (Å²) in [6.07, 6.45) is 1.55. The lowest BCUT2D eigenvalue weighted by Crippen LogP contribution is -2.31. The summed E-state index contributed by atoms with van der Waals surface area (Å²) in [5.41, 5.74) is 10.1. The van der Waals surface area contributed by atoms with Gasteiger partial charge in [0.2, 0.25) is 0 Å². The zero-order valence-corrected chi connectivity index (χ0v) is 9.26. The van der Waals surface area contributed by atoms with Gasteiger partial charge in [0.1, 0.15) is 5.82 Å². The minimum Gasteiger partial charge on any atom is -0.398 e. The van der Waals surface area contributed by atoms with E-state index in [1.165, 1.54) is 18.2 Å². The second-order valence-electron chi connectivity index (χ2n) is 3.66. The van der Waals surface area contributed by atoms with E-state index in [2.05, 4.69) is 15.7 Å². The van der Waals surface area contributed by atoms with E-state index in [9.17, 15) is 4.39 Å². The van der Waals surface area contributed by atoms with Gasteiger partial charge in [0.15, 0.2) is 0 Å². The fourth-order valence-corrected chi connectivity index (χ4v) is 1.69. The molecule has 0 amide bonds. The van der Waals surface area contributed by atoms with Gasteiger partial charge in [-0.05, 0) is 18.2 Å². The van der Waals surface area contributed by atoms with Gasteiger partial charge in [0.05, 0.1) is 17.9 Å². The van der Waals surface area contributed by atoms with E-state index in [0.717, 1.165) is 0 Å². The van der Waals surface area contributed by atoms with Gasteiger partial charge < -0.3 is 5.73 Å². The lowest BCUT2D eigenvalue weighted by atomic mass is 10.0. The van der Waals surface area contributed by atoms with Crippen LogP contribution in [0.25, 0.3) is 0 Å². The Kier molecular flexibility index (Phi) is 3.03. The van der Waals surface area contributed by atoms with Crippen LogP contribution >= 0.6 is 0 Å². The van der Waals surface area contributed by atoms with Crippen molar-refractivity contribution in [1.29, 1.82) is 0 Å². The van der Waals surface area contributed by atoms with Crippen LogP contribution in [0.1, 0.15) is 17.3 Å². The Morgan fingerprint density at radius 3 is 2.82 bits per heavy atom. The summed E-state index contributed by atoms with van der Waals surface area (Å²) in [5, 5.41) is 7.55. The number of nitrogens with zero attached hydrogens (tertiary/aromatic N) is 3. The molecular formula is C10H13FN6. The summed E-state index contributed by atoms with van der Waals surface area (Å²) in [6, 6.07) is 3.69. The van der Waals surface area contributed by atoms with E-state index in [1.54, 1.807) is 17.9 Å². The molecule has 0 fully saturated rings. The second kappa shape index (κ2) is 4.48. The molecule has 90 valence electrons. The van der Waals surface area contributed by atoms with Crippen molar-refractivity contribution >= 4 is 5.69 Å². The number of benzene rings is 1. The number of aromatic nitrogens is 3. The first kappa shape index (κ1) is 11.5. The lowest BCUT2D eigenvalue weighted by Gasteiger charge is -2.17. The molecule has 0 bridgehead atoms. The van der Waals surface area contributed by atoms with Crippen molar-refractivity contribution in [2.45, 2.75) is 6.04 Å². The van der Waals surface area contributed by atoms with Gasteiger partial charge in [-0.1, -0.05) is 5.21 Å². The van der Waals surface area contributed by atoms with Crippen molar-refractivity contribution in [3.8, 4) is 0 Å². The van der Waals surface area contributed by atoms with Gasteiger partial charge >= 0.3 is 0 Å². The van der Waals surface area contributed by atoms with Crippen LogP contribution in [-0.2, 0) is 7.05 Å². The minimum atomic E-state index is -0.453. The summed E-state index contributed by atoms with van der Waals surface area (Å²) in [4.78, 5) is 0. The molecule has 5 N–H and O–H groups in total. The standard InChI is InChI=1S/C10H13FN6/c1-17-9(5-14-16-17)10(15-13)7-4-6(11)2-3-8(7)12/h2-5,10,15H,12-13H2,1H3. The van der Waals surface area contributed by atoms with E-state index in [1.807, 2.05) is 0 Å². The first-order valence-corrected chi connectivity index (χ1v) is 4.99. The molecule has 1 aromatic heterocycles.